The van der Waals surface area contributed by atoms with Crippen LogP contribution in [0.3, 0.4) is 0 Å². The van der Waals surface area contributed by atoms with Crippen molar-refractivity contribution in [2.75, 3.05) is 19.5 Å². The molecule has 0 aliphatic carbocycles. The number of carbonyl (C=O) groups is 2. The van der Waals surface area contributed by atoms with Gasteiger partial charge < -0.3 is 41.2 Å². The lowest BCUT2D eigenvalue weighted by molar-refractivity contribution is -0.540. The van der Waals surface area contributed by atoms with E-state index in [-0.39, 0.29) is 34.9 Å². The molecule has 216 valence electrons. The molecule has 1 aliphatic rings. The number of allylic oxidation sites excluding steroid dienone is 2. The number of benzene rings is 1. The second kappa shape index (κ2) is 14.2. The Bertz CT molecular complexity index is 1130. The molecule has 0 saturated heterocycles. The van der Waals surface area contributed by atoms with Crippen molar-refractivity contribution in [2.24, 2.45) is 23.5 Å². The van der Waals surface area contributed by atoms with Crippen LogP contribution in [0.5, 0.6) is 11.5 Å². The summed E-state index contributed by atoms with van der Waals surface area (Å²) in [7, 11) is 3.29. The monoisotopic (exact) mass is 546 g/mol. The maximum Gasteiger partial charge on any atom is 0.405 e. The van der Waals surface area contributed by atoms with E-state index in [1.54, 1.807) is 37.5 Å². The SMILES string of the molecule is C[NH2+]c1c(O)cc2c(O)c1C[C@@H](C)C[C@H](OC)[C@H](O)[C@@H](C)/C=C(\C)[C@H](OC(N)=O)[C@@H](C)/C=C\C=C(/C)C(=O)N2. The number of aliphatic hydroxyl groups is 1. The quantitative estimate of drug-likeness (QED) is 0.147. The molecule has 1 heterocycles. The van der Waals surface area contributed by atoms with Gasteiger partial charge in [0.1, 0.15) is 11.9 Å². The average molecular weight is 547 g/mol. The molecule has 0 radical (unpaired) electrons. The van der Waals surface area contributed by atoms with E-state index in [0.29, 0.717) is 29.7 Å². The minimum Gasteiger partial charge on any atom is -0.505 e. The van der Waals surface area contributed by atoms with E-state index in [1.165, 1.54) is 13.2 Å². The van der Waals surface area contributed by atoms with E-state index in [0.717, 1.165) is 5.57 Å². The highest BCUT2D eigenvalue weighted by atomic mass is 16.6. The Balaban J connectivity index is 2.61. The molecule has 2 rings (SSSR count). The second-order valence-corrected chi connectivity index (χ2v) is 10.5. The molecule has 0 spiro atoms. The summed E-state index contributed by atoms with van der Waals surface area (Å²) in [6.07, 6.45) is 4.73. The van der Waals surface area contributed by atoms with Gasteiger partial charge in [-0.1, -0.05) is 45.1 Å². The van der Waals surface area contributed by atoms with E-state index in [4.69, 9.17) is 15.2 Å². The molecule has 2 bridgehead atoms. The fourth-order valence-corrected chi connectivity index (χ4v) is 5.01. The fourth-order valence-electron chi connectivity index (χ4n) is 5.01. The van der Waals surface area contributed by atoms with Crippen molar-refractivity contribution in [2.45, 2.75) is 65.8 Å². The molecule has 8 N–H and O–H groups in total. The molecule has 0 saturated carbocycles. The summed E-state index contributed by atoms with van der Waals surface area (Å²) < 4.78 is 11.1. The Labute approximate surface area is 230 Å². The van der Waals surface area contributed by atoms with Crippen molar-refractivity contribution < 1.29 is 39.7 Å². The molecular formula is C29H44N3O7+. The molecule has 39 heavy (non-hydrogen) atoms. The van der Waals surface area contributed by atoms with Crippen LogP contribution in [0.1, 0.15) is 46.6 Å². The molecule has 1 aromatic carbocycles. The number of aliphatic hydroxyl groups excluding tert-OH is 1. The fraction of sp³-hybridized carbons (Fsp3) is 0.517. The van der Waals surface area contributed by atoms with E-state index in [1.807, 2.05) is 33.8 Å². The van der Waals surface area contributed by atoms with Crippen molar-refractivity contribution in [3.63, 3.8) is 0 Å². The van der Waals surface area contributed by atoms with E-state index in [9.17, 15) is 24.9 Å². The number of ether oxygens (including phenoxy) is 2. The van der Waals surface area contributed by atoms with Crippen LogP contribution in [0.2, 0.25) is 0 Å². The summed E-state index contributed by atoms with van der Waals surface area (Å²) in [4.78, 5) is 24.5. The Kier molecular flexibility index (Phi) is 11.6. The number of quaternary nitrogens is 1. The zero-order valence-electron chi connectivity index (χ0n) is 23.9. The molecule has 0 fully saturated rings. The van der Waals surface area contributed by atoms with Gasteiger partial charge in [0, 0.05) is 30.6 Å². The van der Waals surface area contributed by atoms with Gasteiger partial charge >= 0.3 is 6.09 Å². The molecule has 1 aliphatic heterocycles. The normalized spacial score (nSPS) is 30.8. The third-order valence-electron chi connectivity index (χ3n) is 7.18. The summed E-state index contributed by atoms with van der Waals surface area (Å²) in [6.45, 7) is 9.11. The number of aromatic hydroxyl groups is 2. The standard InChI is InChI=1S/C29H43N3O7/c1-15-11-20-24(31-6)22(33)14-21(26(20)35)32-28(36)17(3)10-8-9-16(2)27(39-29(30)37)19(5)13-18(4)25(34)23(12-15)38-7/h8-10,13-16,18,23,25,27,31,33-35H,11-12H2,1-7H3,(H2,30,37)(H,32,36)/p+1/b9-8-,17-10+,19-13+/t15-,16+,18+,23+,25-,27-/m1/s1. The van der Waals surface area contributed by atoms with Crippen LogP contribution in [-0.4, -0.2) is 59.8 Å². The van der Waals surface area contributed by atoms with Gasteiger partial charge in [-0.05, 0) is 38.2 Å². The topological polar surface area (TPSA) is 168 Å². The van der Waals surface area contributed by atoms with E-state index in [2.05, 4.69) is 5.32 Å². The zero-order chi connectivity index (χ0) is 29.4. The highest BCUT2D eigenvalue weighted by Crippen LogP contribution is 2.40. The van der Waals surface area contributed by atoms with Gasteiger partial charge in [0.15, 0.2) is 11.4 Å². The summed E-state index contributed by atoms with van der Waals surface area (Å²) >= 11 is 0. The van der Waals surface area contributed by atoms with Crippen molar-refractivity contribution in [1.29, 1.82) is 0 Å². The lowest BCUT2D eigenvalue weighted by Gasteiger charge is -2.29. The summed E-state index contributed by atoms with van der Waals surface area (Å²) in [6, 6.07) is 1.33. The molecule has 1 aromatic rings. The smallest absolute Gasteiger partial charge is 0.405 e. The van der Waals surface area contributed by atoms with Gasteiger partial charge in [0.25, 0.3) is 5.91 Å². The first kappa shape index (κ1) is 31.9. The van der Waals surface area contributed by atoms with Gasteiger partial charge in [-0.2, -0.15) is 0 Å². The van der Waals surface area contributed by atoms with Crippen LogP contribution < -0.4 is 16.4 Å². The van der Waals surface area contributed by atoms with Gasteiger partial charge in [0.2, 0.25) is 0 Å². The molecule has 2 amide bonds. The number of primary amides is 1. The van der Waals surface area contributed by atoms with E-state index < -0.39 is 30.3 Å². The van der Waals surface area contributed by atoms with Gasteiger partial charge in [0.05, 0.1) is 30.5 Å². The minimum absolute atomic E-state index is 0.0629. The zero-order valence-corrected chi connectivity index (χ0v) is 23.9. The second-order valence-electron chi connectivity index (χ2n) is 10.5. The number of rotatable bonds is 3. The first-order valence-corrected chi connectivity index (χ1v) is 13.2. The van der Waals surface area contributed by atoms with E-state index >= 15 is 0 Å². The van der Waals surface area contributed by atoms with Crippen LogP contribution in [0, 0.1) is 17.8 Å². The summed E-state index contributed by atoms with van der Waals surface area (Å²) in [5, 5.41) is 37.3. The highest BCUT2D eigenvalue weighted by Gasteiger charge is 2.29. The molecule has 10 heteroatoms. The molecule has 10 nitrogen and oxygen atoms in total. The first-order chi connectivity index (χ1) is 18.3. The number of phenols is 2. The van der Waals surface area contributed by atoms with Crippen molar-refractivity contribution in [1.82, 2.24) is 0 Å². The predicted octanol–water partition coefficient (Wildman–Crippen LogP) is 3.00. The maximum absolute atomic E-state index is 12.9. The van der Waals surface area contributed by atoms with Crippen molar-refractivity contribution in [3.05, 3.63) is 47.1 Å². The third kappa shape index (κ3) is 8.32. The van der Waals surface area contributed by atoms with Crippen molar-refractivity contribution >= 4 is 23.4 Å². The largest absolute Gasteiger partial charge is 0.505 e. The van der Waals surface area contributed by atoms with Crippen LogP contribution in [-0.2, 0) is 20.7 Å². The summed E-state index contributed by atoms with van der Waals surface area (Å²) in [5.74, 6) is -1.35. The maximum atomic E-state index is 12.9. The lowest BCUT2D eigenvalue weighted by Crippen LogP contribution is -2.73. The number of hydrogen-bond acceptors (Lipinski definition) is 7. The summed E-state index contributed by atoms with van der Waals surface area (Å²) in [5.41, 5.74) is 7.49. The number of carbonyl (C=O) groups excluding carboxylic acids is 2. The molecule has 6 atom stereocenters. The number of nitrogens with two attached hydrogens (primary N) is 2. The Morgan fingerprint density at radius 2 is 1.85 bits per heavy atom. The molecule has 0 unspecified atom stereocenters. The molecular weight excluding hydrogens is 502 g/mol. The minimum atomic E-state index is -0.914. The van der Waals surface area contributed by atoms with Gasteiger partial charge in [-0.15, -0.1) is 0 Å². The first-order valence-electron chi connectivity index (χ1n) is 13.2. The lowest BCUT2D eigenvalue weighted by atomic mass is 9.87. The average Bonchev–Trinajstić information content (AvgIpc) is 2.87. The number of nitrogens with one attached hydrogen (secondary N) is 1. The highest BCUT2D eigenvalue weighted by molar-refractivity contribution is 6.04. The van der Waals surface area contributed by atoms with Crippen LogP contribution in [0.25, 0.3) is 0 Å². The van der Waals surface area contributed by atoms with Crippen LogP contribution in [0.15, 0.2) is 41.5 Å². The number of fused-ring (bicyclic) bond motifs is 2. The number of phenolic OH excluding ortho intramolecular Hbond substituents is 2. The predicted molar refractivity (Wildman–Crippen MR) is 150 cm³/mol. The van der Waals surface area contributed by atoms with Gasteiger partial charge in [-0.3, -0.25) is 4.79 Å². The third-order valence-corrected chi connectivity index (χ3v) is 7.18. The Morgan fingerprint density at radius 1 is 1.18 bits per heavy atom. The number of anilines is 1. The Hall–Kier alpha value is -3.34. The van der Waals surface area contributed by atoms with Gasteiger partial charge in [-0.25, -0.2) is 4.79 Å². The van der Waals surface area contributed by atoms with Crippen LogP contribution in [0.4, 0.5) is 16.2 Å². The Morgan fingerprint density at radius 3 is 2.44 bits per heavy atom. The van der Waals surface area contributed by atoms with Crippen molar-refractivity contribution in [3.8, 4) is 11.5 Å². The number of hydrogen-bond donors (Lipinski definition) is 6. The number of amides is 2. The molecule has 0 aromatic heterocycles. The number of methoxy groups -OCH3 is 1. The van der Waals surface area contributed by atoms with Crippen LogP contribution >= 0.6 is 0 Å².